The molecule has 0 aromatic heterocycles. The lowest BCUT2D eigenvalue weighted by molar-refractivity contribution is -0.119. The minimum absolute atomic E-state index is 0.130. The van der Waals surface area contributed by atoms with E-state index in [9.17, 15) is 13.2 Å². The number of aryl methyl sites for hydroxylation is 1. The van der Waals surface area contributed by atoms with Gasteiger partial charge in [0.1, 0.15) is 18.9 Å². The van der Waals surface area contributed by atoms with Crippen LogP contribution in [-0.4, -0.2) is 34.0 Å². The Labute approximate surface area is 202 Å². The monoisotopic (exact) mass is 564 g/mol. The largest absolute Gasteiger partial charge is 0.492 e. The Kier molecular flexibility index (Phi) is 8.52. The van der Waals surface area contributed by atoms with E-state index in [4.69, 9.17) is 4.74 Å². The zero-order chi connectivity index (χ0) is 23.0. The molecule has 1 amide bonds. The minimum Gasteiger partial charge on any atom is -0.492 e. The van der Waals surface area contributed by atoms with Crippen LogP contribution in [0.15, 0.2) is 83.8 Å². The Bertz CT molecular complexity index is 1120. The van der Waals surface area contributed by atoms with Crippen molar-refractivity contribution in [1.29, 1.82) is 0 Å². The molecule has 0 spiro atoms. The van der Waals surface area contributed by atoms with Gasteiger partial charge in [-0.05, 0) is 83.1 Å². The summed E-state index contributed by atoms with van der Waals surface area (Å²) in [6, 6.07) is 22.9. The van der Waals surface area contributed by atoms with Gasteiger partial charge in [0.2, 0.25) is 5.91 Å². The Morgan fingerprint density at radius 1 is 0.969 bits per heavy atom. The molecule has 6 nitrogen and oxygen atoms in total. The summed E-state index contributed by atoms with van der Waals surface area (Å²) < 4.78 is 34.2. The number of nitrogens with zero attached hydrogens (tertiary/aromatic N) is 1. The lowest BCUT2D eigenvalue weighted by Gasteiger charge is -2.24. The van der Waals surface area contributed by atoms with Crippen molar-refractivity contribution in [2.24, 2.45) is 0 Å². The molecule has 3 aromatic carbocycles. The molecule has 1 N–H and O–H groups in total. The molecule has 0 radical (unpaired) electrons. The molecule has 0 saturated heterocycles. The molecule has 3 aromatic rings. The second kappa shape index (κ2) is 11.3. The highest BCUT2D eigenvalue weighted by Crippen LogP contribution is 2.24. The van der Waals surface area contributed by atoms with Crippen LogP contribution in [0.5, 0.6) is 5.75 Å². The normalized spacial score (nSPS) is 11.1. The number of halogens is 1. The second-order valence-electron chi connectivity index (χ2n) is 7.00. The van der Waals surface area contributed by atoms with Crippen LogP contribution in [0.2, 0.25) is 0 Å². The van der Waals surface area contributed by atoms with Crippen molar-refractivity contribution in [2.45, 2.75) is 18.2 Å². The fraction of sp³-hybridized carbons (Fsp3) is 0.208. The van der Waals surface area contributed by atoms with Crippen molar-refractivity contribution in [1.82, 2.24) is 5.32 Å². The number of nitrogens with one attached hydrogen (secondary N) is 1. The van der Waals surface area contributed by atoms with Crippen molar-refractivity contribution in [3.05, 3.63) is 88.0 Å². The van der Waals surface area contributed by atoms with Gasteiger partial charge in [-0.1, -0.05) is 37.3 Å². The highest BCUT2D eigenvalue weighted by atomic mass is 127. The molecule has 3 rings (SSSR count). The summed E-state index contributed by atoms with van der Waals surface area (Å²) in [5, 5.41) is 2.74. The average Bonchev–Trinajstić information content (AvgIpc) is 2.82. The molecule has 0 saturated carbocycles. The lowest BCUT2D eigenvalue weighted by atomic mass is 10.2. The number of anilines is 1. The zero-order valence-corrected chi connectivity index (χ0v) is 20.7. The molecule has 0 fully saturated rings. The molecule has 0 bridgehead atoms. The first-order valence-electron chi connectivity index (χ1n) is 10.2. The van der Waals surface area contributed by atoms with Crippen molar-refractivity contribution in [3.63, 3.8) is 0 Å². The van der Waals surface area contributed by atoms with Gasteiger partial charge in [0.15, 0.2) is 0 Å². The maximum atomic E-state index is 13.2. The summed E-state index contributed by atoms with van der Waals surface area (Å²) >= 11 is 2.15. The number of carbonyl (C=O) groups is 1. The molecule has 0 aliphatic carbocycles. The molecule has 0 heterocycles. The van der Waals surface area contributed by atoms with E-state index < -0.39 is 15.9 Å². The molecular weight excluding hydrogens is 539 g/mol. The lowest BCUT2D eigenvalue weighted by Crippen LogP contribution is -2.41. The summed E-state index contributed by atoms with van der Waals surface area (Å²) in [5.74, 6) is 0.316. The van der Waals surface area contributed by atoms with Crippen LogP contribution in [0.3, 0.4) is 0 Å². The Morgan fingerprint density at radius 3 is 2.25 bits per heavy atom. The molecule has 0 atom stereocenters. The number of benzene rings is 3. The Hall–Kier alpha value is -2.59. The predicted molar refractivity (Wildman–Crippen MR) is 134 cm³/mol. The fourth-order valence-electron chi connectivity index (χ4n) is 3.01. The van der Waals surface area contributed by atoms with Gasteiger partial charge in [0.25, 0.3) is 10.0 Å². The van der Waals surface area contributed by atoms with Gasteiger partial charge in [-0.3, -0.25) is 9.10 Å². The van der Waals surface area contributed by atoms with Crippen LogP contribution in [0.1, 0.15) is 12.5 Å². The van der Waals surface area contributed by atoms with Gasteiger partial charge in [-0.2, -0.15) is 0 Å². The summed E-state index contributed by atoms with van der Waals surface area (Å²) in [7, 11) is -3.90. The topological polar surface area (TPSA) is 75.7 Å². The Morgan fingerprint density at radius 2 is 1.62 bits per heavy atom. The standard InChI is InChI=1S/C24H25IN2O4S/c1-2-19-8-14-22(15-9-19)31-17-16-26-24(28)18-27(21-12-10-20(25)11-13-21)32(29,30)23-6-4-3-5-7-23/h3-15H,2,16-18H2,1H3,(H,26,28). The minimum atomic E-state index is -3.90. The summed E-state index contributed by atoms with van der Waals surface area (Å²) in [5.41, 5.74) is 1.65. The van der Waals surface area contributed by atoms with Gasteiger partial charge in [-0.25, -0.2) is 8.42 Å². The zero-order valence-electron chi connectivity index (χ0n) is 17.7. The summed E-state index contributed by atoms with van der Waals surface area (Å²) in [6.07, 6.45) is 0.958. The first kappa shape index (κ1) is 24.1. The molecule has 32 heavy (non-hydrogen) atoms. The van der Waals surface area contributed by atoms with Gasteiger partial charge >= 0.3 is 0 Å². The van der Waals surface area contributed by atoms with E-state index in [0.29, 0.717) is 5.69 Å². The summed E-state index contributed by atoms with van der Waals surface area (Å²) in [6.45, 7) is 2.30. The average molecular weight is 564 g/mol. The Balaban J connectivity index is 1.65. The second-order valence-corrected chi connectivity index (χ2v) is 10.1. The third-order valence-corrected chi connectivity index (χ3v) is 7.26. The van der Waals surface area contributed by atoms with Crippen LogP contribution >= 0.6 is 22.6 Å². The van der Waals surface area contributed by atoms with Gasteiger partial charge < -0.3 is 10.1 Å². The highest BCUT2D eigenvalue weighted by molar-refractivity contribution is 14.1. The van der Waals surface area contributed by atoms with E-state index in [1.54, 1.807) is 42.5 Å². The van der Waals surface area contributed by atoms with E-state index in [1.165, 1.54) is 17.7 Å². The van der Waals surface area contributed by atoms with Crippen LogP contribution < -0.4 is 14.4 Å². The van der Waals surface area contributed by atoms with Gasteiger partial charge in [-0.15, -0.1) is 0 Å². The van der Waals surface area contributed by atoms with Crippen molar-refractivity contribution in [2.75, 3.05) is 24.0 Å². The molecular formula is C24H25IN2O4S. The fourth-order valence-corrected chi connectivity index (χ4v) is 4.81. The van der Waals surface area contributed by atoms with Crippen molar-refractivity contribution >= 4 is 44.2 Å². The first-order chi connectivity index (χ1) is 15.4. The quantitative estimate of drug-likeness (QED) is 0.295. The summed E-state index contributed by atoms with van der Waals surface area (Å²) in [4.78, 5) is 12.7. The molecule has 8 heteroatoms. The van der Waals surface area contributed by atoms with Gasteiger partial charge in [0, 0.05) is 3.57 Å². The number of sulfonamides is 1. The number of hydrogen-bond acceptors (Lipinski definition) is 4. The van der Waals surface area contributed by atoms with Crippen LogP contribution in [0.4, 0.5) is 5.69 Å². The van der Waals surface area contributed by atoms with E-state index in [0.717, 1.165) is 20.0 Å². The maximum absolute atomic E-state index is 13.2. The van der Waals surface area contributed by atoms with Crippen LogP contribution in [0, 0.1) is 3.57 Å². The first-order valence-corrected chi connectivity index (χ1v) is 12.7. The van der Waals surface area contributed by atoms with E-state index >= 15 is 0 Å². The molecule has 0 unspecified atom stereocenters. The van der Waals surface area contributed by atoms with E-state index in [1.807, 2.05) is 24.3 Å². The maximum Gasteiger partial charge on any atom is 0.264 e. The number of carbonyl (C=O) groups excluding carboxylic acids is 1. The van der Waals surface area contributed by atoms with Crippen LogP contribution in [0.25, 0.3) is 0 Å². The van der Waals surface area contributed by atoms with Crippen molar-refractivity contribution < 1.29 is 17.9 Å². The van der Waals surface area contributed by atoms with E-state index in [2.05, 4.69) is 34.8 Å². The molecule has 0 aliphatic rings. The third kappa shape index (κ3) is 6.46. The predicted octanol–water partition coefficient (Wildman–Crippen LogP) is 4.24. The number of hydrogen-bond donors (Lipinski definition) is 1. The number of amides is 1. The van der Waals surface area contributed by atoms with Gasteiger partial charge in [0.05, 0.1) is 17.1 Å². The molecule has 168 valence electrons. The van der Waals surface area contributed by atoms with Crippen LogP contribution in [-0.2, 0) is 21.2 Å². The number of ether oxygens (including phenoxy) is 1. The smallest absolute Gasteiger partial charge is 0.264 e. The highest BCUT2D eigenvalue weighted by Gasteiger charge is 2.26. The van der Waals surface area contributed by atoms with E-state index in [-0.39, 0.29) is 24.6 Å². The van der Waals surface area contributed by atoms with Crippen molar-refractivity contribution in [3.8, 4) is 5.75 Å². The third-order valence-electron chi connectivity index (χ3n) is 4.76. The SMILES string of the molecule is CCc1ccc(OCCNC(=O)CN(c2ccc(I)cc2)S(=O)(=O)c2ccccc2)cc1. The molecule has 0 aliphatic heterocycles. The number of rotatable bonds is 10.